The van der Waals surface area contributed by atoms with Crippen LogP contribution in [0.15, 0.2) is 53.5 Å². The Bertz CT molecular complexity index is 792. The summed E-state index contributed by atoms with van der Waals surface area (Å²) in [6, 6.07) is 14.5. The summed E-state index contributed by atoms with van der Waals surface area (Å²) in [7, 11) is 0. The first-order valence-electron chi connectivity index (χ1n) is 10.5. The van der Waals surface area contributed by atoms with Crippen LogP contribution < -0.4 is 15.4 Å². The molecule has 0 aromatic heterocycles. The number of ether oxygens (including phenoxy) is 2. The molecule has 0 radical (unpaired) electrons. The van der Waals surface area contributed by atoms with Crippen LogP contribution in [0.25, 0.3) is 0 Å². The zero-order valence-corrected chi connectivity index (χ0v) is 17.6. The summed E-state index contributed by atoms with van der Waals surface area (Å²) in [4.78, 5) is 6.95. The van der Waals surface area contributed by atoms with E-state index in [0.29, 0.717) is 25.7 Å². The summed E-state index contributed by atoms with van der Waals surface area (Å²) in [5, 5.41) is 6.60. The van der Waals surface area contributed by atoms with Crippen LogP contribution in [0.1, 0.15) is 18.1 Å². The van der Waals surface area contributed by atoms with Gasteiger partial charge >= 0.3 is 0 Å². The van der Waals surface area contributed by atoms with Crippen LogP contribution in [0.4, 0.5) is 4.39 Å². The fourth-order valence-corrected chi connectivity index (χ4v) is 3.18. The van der Waals surface area contributed by atoms with Gasteiger partial charge < -0.3 is 20.1 Å². The highest BCUT2D eigenvalue weighted by molar-refractivity contribution is 5.79. The number of nitrogens with one attached hydrogen (secondary N) is 2. The Hall–Kier alpha value is -2.64. The molecule has 2 aromatic rings. The molecular weight excluding hydrogens is 383 g/mol. The Balaban J connectivity index is 1.53. The second-order valence-corrected chi connectivity index (χ2v) is 7.09. The Kier molecular flexibility index (Phi) is 8.93. The molecular formula is C23H31FN4O2. The van der Waals surface area contributed by atoms with Gasteiger partial charge in [0, 0.05) is 38.3 Å². The Morgan fingerprint density at radius 3 is 2.63 bits per heavy atom. The second kappa shape index (κ2) is 12.1. The number of guanidine groups is 1. The van der Waals surface area contributed by atoms with Crippen molar-refractivity contribution < 1.29 is 13.9 Å². The molecule has 0 atom stereocenters. The van der Waals surface area contributed by atoms with Crippen LogP contribution in [0.3, 0.4) is 0 Å². The zero-order chi connectivity index (χ0) is 21.0. The van der Waals surface area contributed by atoms with Crippen molar-refractivity contribution in [1.82, 2.24) is 15.5 Å². The Morgan fingerprint density at radius 2 is 1.87 bits per heavy atom. The molecule has 0 aliphatic carbocycles. The molecule has 0 amide bonds. The van der Waals surface area contributed by atoms with E-state index in [1.54, 1.807) is 12.1 Å². The number of benzene rings is 2. The minimum atomic E-state index is -0.238. The van der Waals surface area contributed by atoms with Crippen molar-refractivity contribution >= 4 is 5.96 Å². The molecule has 2 aromatic carbocycles. The minimum Gasteiger partial charge on any atom is -0.492 e. The van der Waals surface area contributed by atoms with E-state index in [0.717, 1.165) is 56.3 Å². The van der Waals surface area contributed by atoms with Gasteiger partial charge in [-0.1, -0.05) is 30.3 Å². The van der Waals surface area contributed by atoms with Gasteiger partial charge in [0.25, 0.3) is 0 Å². The van der Waals surface area contributed by atoms with Gasteiger partial charge in [-0.05, 0) is 30.7 Å². The molecule has 1 fully saturated rings. The number of nitrogens with zero attached hydrogens (tertiary/aromatic N) is 2. The number of rotatable bonds is 9. The molecule has 1 aliphatic heterocycles. The van der Waals surface area contributed by atoms with E-state index in [1.165, 1.54) is 12.1 Å². The van der Waals surface area contributed by atoms with Crippen LogP contribution >= 0.6 is 0 Å². The quantitative estimate of drug-likeness (QED) is 0.488. The lowest BCUT2D eigenvalue weighted by molar-refractivity contribution is 0.0322. The number of halogens is 1. The van der Waals surface area contributed by atoms with Crippen molar-refractivity contribution in [3.05, 3.63) is 65.5 Å². The van der Waals surface area contributed by atoms with E-state index in [9.17, 15) is 4.39 Å². The molecule has 0 unspecified atom stereocenters. The fourth-order valence-electron chi connectivity index (χ4n) is 3.18. The topological polar surface area (TPSA) is 58.1 Å². The summed E-state index contributed by atoms with van der Waals surface area (Å²) in [5.41, 5.74) is 2.03. The van der Waals surface area contributed by atoms with Gasteiger partial charge in [0.05, 0.1) is 19.8 Å². The molecule has 1 aliphatic rings. The normalized spacial score (nSPS) is 15.1. The molecule has 7 heteroatoms. The van der Waals surface area contributed by atoms with E-state index in [4.69, 9.17) is 9.47 Å². The number of hydrogen-bond acceptors (Lipinski definition) is 4. The second-order valence-electron chi connectivity index (χ2n) is 7.09. The molecule has 2 N–H and O–H groups in total. The highest BCUT2D eigenvalue weighted by Gasteiger charge is 2.11. The largest absolute Gasteiger partial charge is 0.492 e. The number of aliphatic imine (C=N–C) groups is 1. The first kappa shape index (κ1) is 22.1. The van der Waals surface area contributed by atoms with Crippen molar-refractivity contribution in [2.75, 3.05) is 46.0 Å². The molecule has 6 nitrogen and oxygen atoms in total. The summed E-state index contributed by atoms with van der Waals surface area (Å²) in [6.07, 6.45) is 0. The van der Waals surface area contributed by atoms with Gasteiger partial charge in [0.1, 0.15) is 18.2 Å². The smallest absolute Gasteiger partial charge is 0.191 e. The molecule has 0 bridgehead atoms. The standard InChI is InChI=1S/C23H31FN4O2/c1-2-25-23(26-17-19-7-9-21(24)10-8-19)27-18-20-5-3-4-6-22(20)30-16-13-28-11-14-29-15-12-28/h3-10H,2,11-18H2,1H3,(H2,25,26,27). The third-order valence-electron chi connectivity index (χ3n) is 4.86. The molecule has 1 heterocycles. The summed E-state index contributed by atoms with van der Waals surface area (Å²) in [5.74, 6) is 1.36. The third-order valence-corrected chi connectivity index (χ3v) is 4.86. The Morgan fingerprint density at radius 1 is 1.10 bits per heavy atom. The van der Waals surface area contributed by atoms with Crippen molar-refractivity contribution in [2.45, 2.75) is 20.0 Å². The van der Waals surface area contributed by atoms with Gasteiger partial charge in [0.15, 0.2) is 5.96 Å². The van der Waals surface area contributed by atoms with E-state index < -0.39 is 0 Å². The van der Waals surface area contributed by atoms with Crippen LogP contribution in [0.2, 0.25) is 0 Å². The minimum absolute atomic E-state index is 0.238. The lowest BCUT2D eigenvalue weighted by Gasteiger charge is -2.26. The SMILES string of the molecule is CCNC(=NCc1ccc(F)cc1)NCc1ccccc1OCCN1CCOCC1. The van der Waals surface area contributed by atoms with Crippen LogP contribution in [0.5, 0.6) is 5.75 Å². The summed E-state index contributed by atoms with van der Waals surface area (Å²) in [6.45, 7) is 8.92. The maximum atomic E-state index is 13.1. The molecule has 0 spiro atoms. The van der Waals surface area contributed by atoms with E-state index in [-0.39, 0.29) is 5.82 Å². The molecule has 0 saturated carbocycles. The third kappa shape index (κ3) is 7.31. The predicted molar refractivity (Wildman–Crippen MR) is 117 cm³/mol. The first-order chi connectivity index (χ1) is 14.7. The monoisotopic (exact) mass is 414 g/mol. The van der Waals surface area contributed by atoms with Gasteiger partial charge in [-0.15, -0.1) is 0 Å². The highest BCUT2D eigenvalue weighted by atomic mass is 19.1. The van der Waals surface area contributed by atoms with Crippen molar-refractivity contribution in [2.24, 2.45) is 4.99 Å². The van der Waals surface area contributed by atoms with Crippen LogP contribution in [0, 0.1) is 5.82 Å². The first-order valence-corrected chi connectivity index (χ1v) is 10.5. The van der Waals surface area contributed by atoms with Crippen molar-refractivity contribution in [3.8, 4) is 5.75 Å². The van der Waals surface area contributed by atoms with Crippen LogP contribution in [-0.4, -0.2) is 56.9 Å². The average molecular weight is 415 g/mol. The van der Waals surface area contributed by atoms with Gasteiger partial charge in [0.2, 0.25) is 0 Å². The maximum Gasteiger partial charge on any atom is 0.191 e. The summed E-state index contributed by atoms with van der Waals surface area (Å²) < 4.78 is 24.5. The van der Waals surface area contributed by atoms with E-state index >= 15 is 0 Å². The number of hydrogen-bond donors (Lipinski definition) is 2. The lowest BCUT2D eigenvalue weighted by Crippen LogP contribution is -2.38. The molecule has 30 heavy (non-hydrogen) atoms. The van der Waals surface area contributed by atoms with Gasteiger partial charge in [-0.25, -0.2) is 9.38 Å². The number of morpholine rings is 1. The molecule has 1 saturated heterocycles. The zero-order valence-electron chi connectivity index (χ0n) is 17.6. The van der Waals surface area contributed by atoms with E-state index in [1.807, 2.05) is 25.1 Å². The molecule has 162 valence electrons. The van der Waals surface area contributed by atoms with Crippen molar-refractivity contribution in [1.29, 1.82) is 0 Å². The predicted octanol–water partition coefficient (Wildman–Crippen LogP) is 2.79. The van der Waals surface area contributed by atoms with E-state index in [2.05, 4.69) is 26.6 Å². The van der Waals surface area contributed by atoms with Crippen LogP contribution in [-0.2, 0) is 17.8 Å². The van der Waals surface area contributed by atoms with Gasteiger partial charge in [-0.2, -0.15) is 0 Å². The average Bonchev–Trinajstić information content (AvgIpc) is 2.78. The highest BCUT2D eigenvalue weighted by Crippen LogP contribution is 2.17. The lowest BCUT2D eigenvalue weighted by atomic mass is 10.2. The Labute approximate surface area is 178 Å². The number of para-hydroxylation sites is 1. The summed E-state index contributed by atoms with van der Waals surface area (Å²) >= 11 is 0. The maximum absolute atomic E-state index is 13.1. The fraction of sp³-hybridized carbons (Fsp3) is 0.435. The van der Waals surface area contributed by atoms with Gasteiger partial charge in [-0.3, -0.25) is 4.90 Å². The van der Waals surface area contributed by atoms with Crippen molar-refractivity contribution in [3.63, 3.8) is 0 Å². The molecule has 3 rings (SSSR count).